The number of ether oxygens (including phenoxy) is 1. The van der Waals surface area contributed by atoms with Crippen LogP contribution < -0.4 is 0 Å². The Kier molecular flexibility index (Phi) is 4.63. The van der Waals surface area contributed by atoms with E-state index in [-0.39, 0.29) is 34.9 Å². The van der Waals surface area contributed by atoms with Crippen molar-refractivity contribution in [3.63, 3.8) is 0 Å². The highest BCUT2D eigenvalue weighted by atomic mass is 16.5. The van der Waals surface area contributed by atoms with Crippen LogP contribution >= 0.6 is 0 Å². The van der Waals surface area contributed by atoms with Crippen molar-refractivity contribution in [3.8, 4) is 0 Å². The van der Waals surface area contributed by atoms with E-state index >= 15 is 0 Å². The fraction of sp³-hybridized carbons (Fsp3) is 0.818. The van der Waals surface area contributed by atoms with Crippen molar-refractivity contribution in [1.29, 1.82) is 0 Å². The number of hydrogen-bond acceptors (Lipinski definition) is 4. The Morgan fingerprint density at radius 3 is 2.73 bits per heavy atom. The maximum atomic E-state index is 12.3. The fourth-order valence-corrected chi connectivity index (χ4v) is 7.53. The molecule has 0 bridgehead atoms. The molecule has 0 aliphatic heterocycles. The van der Waals surface area contributed by atoms with Crippen LogP contribution in [0, 0.1) is 34.5 Å². The first-order valence-electron chi connectivity index (χ1n) is 10.3. The van der Waals surface area contributed by atoms with E-state index in [0.29, 0.717) is 24.2 Å². The fourth-order valence-electron chi connectivity index (χ4n) is 7.53. The van der Waals surface area contributed by atoms with Crippen LogP contribution in [0.15, 0.2) is 11.6 Å². The molecule has 0 saturated heterocycles. The molecule has 3 fully saturated rings. The molecule has 0 aromatic rings. The summed E-state index contributed by atoms with van der Waals surface area (Å²) in [6, 6.07) is 0. The van der Waals surface area contributed by atoms with Gasteiger partial charge in [-0.2, -0.15) is 0 Å². The van der Waals surface area contributed by atoms with Gasteiger partial charge in [0, 0.05) is 24.9 Å². The molecule has 3 saturated carbocycles. The van der Waals surface area contributed by atoms with Crippen molar-refractivity contribution >= 4 is 11.6 Å². The largest absolute Gasteiger partial charge is 0.389 e. The minimum atomic E-state index is -0.316. The SMILES string of the molecule is COCC12CCC(=O)C=C1CCC1[C@@H]2CCC2(C)C(C(=O)CO)CC[C@@H]12. The number of hydrogen-bond donors (Lipinski definition) is 1. The van der Waals surface area contributed by atoms with E-state index < -0.39 is 0 Å². The van der Waals surface area contributed by atoms with Gasteiger partial charge < -0.3 is 9.84 Å². The van der Waals surface area contributed by atoms with Crippen LogP contribution in [0.3, 0.4) is 0 Å². The molecule has 1 N–H and O–H groups in total. The average Bonchev–Trinajstić information content (AvgIpc) is 2.99. The second-order valence-corrected chi connectivity index (χ2v) is 9.44. The van der Waals surface area contributed by atoms with Gasteiger partial charge in [0.1, 0.15) is 6.61 Å². The normalized spacial score (nSPS) is 44.7. The van der Waals surface area contributed by atoms with E-state index in [9.17, 15) is 14.7 Å². The predicted octanol–water partition coefficient (Wildman–Crippen LogP) is 3.32. The number of carbonyl (C=O) groups excluding carboxylic acids is 2. The zero-order chi connectivity index (χ0) is 18.5. The van der Waals surface area contributed by atoms with Crippen LogP contribution in [0.1, 0.15) is 58.3 Å². The number of methoxy groups -OCH3 is 1. The van der Waals surface area contributed by atoms with E-state index in [1.54, 1.807) is 7.11 Å². The Labute approximate surface area is 156 Å². The topological polar surface area (TPSA) is 63.6 Å². The number of aliphatic hydroxyl groups is 1. The minimum Gasteiger partial charge on any atom is -0.389 e. The molecule has 26 heavy (non-hydrogen) atoms. The summed E-state index contributed by atoms with van der Waals surface area (Å²) in [5.41, 5.74) is 1.41. The van der Waals surface area contributed by atoms with Crippen LogP contribution in [0.25, 0.3) is 0 Å². The van der Waals surface area contributed by atoms with Gasteiger partial charge in [0.05, 0.1) is 6.61 Å². The third-order valence-corrected chi connectivity index (χ3v) is 8.63. The number of fused-ring (bicyclic) bond motifs is 5. The molecule has 0 aromatic carbocycles. The zero-order valence-corrected chi connectivity index (χ0v) is 16.1. The Morgan fingerprint density at radius 1 is 1.19 bits per heavy atom. The number of aliphatic hydroxyl groups excluding tert-OH is 1. The van der Waals surface area contributed by atoms with Gasteiger partial charge in [0.25, 0.3) is 0 Å². The van der Waals surface area contributed by atoms with Crippen molar-refractivity contribution in [2.24, 2.45) is 34.5 Å². The van der Waals surface area contributed by atoms with Gasteiger partial charge >= 0.3 is 0 Å². The second-order valence-electron chi connectivity index (χ2n) is 9.44. The third-order valence-electron chi connectivity index (χ3n) is 8.63. The Balaban J connectivity index is 1.67. The lowest BCUT2D eigenvalue weighted by molar-refractivity contribution is -0.134. The lowest BCUT2D eigenvalue weighted by Gasteiger charge is -2.58. The molecule has 6 atom stereocenters. The number of ketones is 2. The van der Waals surface area contributed by atoms with Gasteiger partial charge in [-0.1, -0.05) is 12.5 Å². The molecule has 0 heterocycles. The summed E-state index contributed by atoms with van der Waals surface area (Å²) < 4.78 is 5.70. The monoisotopic (exact) mass is 360 g/mol. The first-order chi connectivity index (χ1) is 12.5. The predicted molar refractivity (Wildman–Crippen MR) is 98.5 cm³/mol. The average molecular weight is 360 g/mol. The summed E-state index contributed by atoms with van der Waals surface area (Å²) in [5, 5.41) is 9.42. The number of Topliss-reactive ketones (excluding diaryl/α,β-unsaturated/α-hetero) is 1. The highest BCUT2D eigenvalue weighted by Gasteiger charge is 2.61. The molecule has 4 unspecified atom stereocenters. The standard InChI is InChI=1S/C22H32O4/c1-21-9-8-18-16(17(21)5-6-19(21)20(25)12-23)4-3-14-11-15(24)7-10-22(14,18)13-26-2/h11,16-19,23H,3-10,12-13H2,1-2H3/t16?,17-,18-,19?,21?,22?/m0/s1. The van der Waals surface area contributed by atoms with Crippen molar-refractivity contribution in [2.45, 2.75) is 58.3 Å². The van der Waals surface area contributed by atoms with E-state index in [2.05, 4.69) is 6.92 Å². The van der Waals surface area contributed by atoms with E-state index in [1.807, 2.05) is 6.08 Å². The quantitative estimate of drug-likeness (QED) is 0.835. The molecule has 4 aliphatic carbocycles. The van der Waals surface area contributed by atoms with Crippen molar-refractivity contribution in [3.05, 3.63) is 11.6 Å². The van der Waals surface area contributed by atoms with Crippen molar-refractivity contribution in [1.82, 2.24) is 0 Å². The summed E-state index contributed by atoms with van der Waals surface area (Å²) in [6.45, 7) is 2.71. The molecule has 144 valence electrons. The van der Waals surface area contributed by atoms with Crippen molar-refractivity contribution in [2.75, 3.05) is 20.3 Å². The minimum absolute atomic E-state index is 0.0293. The van der Waals surface area contributed by atoms with Crippen LogP contribution in [-0.4, -0.2) is 37.0 Å². The molecule has 0 aromatic heterocycles. The van der Waals surface area contributed by atoms with E-state index in [1.165, 1.54) is 5.57 Å². The molecule has 0 radical (unpaired) electrons. The zero-order valence-electron chi connectivity index (χ0n) is 16.1. The molecule has 0 spiro atoms. The van der Waals surface area contributed by atoms with Gasteiger partial charge in [-0.25, -0.2) is 0 Å². The van der Waals surface area contributed by atoms with E-state index in [0.717, 1.165) is 51.6 Å². The second kappa shape index (κ2) is 6.56. The maximum Gasteiger partial charge on any atom is 0.161 e. The lowest BCUT2D eigenvalue weighted by Crippen LogP contribution is -2.53. The van der Waals surface area contributed by atoms with Crippen LogP contribution in [0.5, 0.6) is 0 Å². The summed E-state index contributed by atoms with van der Waals surface area (Å²) >= 11 is 0. The van der Waals surface area contributed by atoms with Gasteiger partial charge in [-0.3, -0.25) is 9.59 Å². The molecule has 4 nitrogen and oxygen atoms in total. The Hall–Kier alpha value is -1.00. The molecular weight excluding hydrogens is 328 g/mol. The smallest absolute Gasteiger partial charge is 0.161 e. The molecule has 4 rings (SSSR count). The summed E-state index contributed by atoms with van der Waals surface area (Å²) in [7, 11) is 1.78. The van der Waals surface area contributed by atoms with Gasteiger partial charge in [0.15, 0.2) is 11.6 Å². The van der Waals surface area contributed by atoms with E-state index in [4.69, 9.17) is 4.74 Å². The molecule has 4 heteroatoms. The van der Waals surface area contributed by atoms with Crippen LogP contribution in [0.2, 0.25) is 0 Å². The number of carbonyl (C=O) groups is 2. The van der Waals surface area contributed by atoms with Crippen LogP contribution in [-0.2, 0) is 14.3 Å². The van der Waals surface area contributed by atoms with Gasteiger partial charge in [0.2, 0.25) is 0 Å². The van der Waals surface area contributed by atoms with Gasteiger partial charge in [-0.05, 0) is 74.2 Å². The molecule has 0 amide bonds. The molecular formula is C22H32O4. The summed E-state index contributed by atoms with van der Waals surface area (Å²) in [4.78, 5) is 24.4. The third kappa shape index (κ3) is 2.48. The molecule has 4 aliphatic rings. The van der Waals surface area contributed by atoms with Gasteiger partial charge in [-0.15, -0.1) is 0 Å². The lowest BCUT2D eigenvalue weighted by atomic mass is 9.46. The number of rotatable bonds is 4. The first kappa shape index (κ1) is 18.4. The maximum absolute atomic E-state index is 12.3. The van der Waals surface area contributed by atoms with Crippen molar-refractivity contribution < 1.29 is 19.4 Å². The Morgan fingerprint density at radius 2 is 2.00 bits per heavy atom. The highest BCUT2D eigenvalue weighted by Crippen LogP contribution is 2.66. The van der Waals surface area contributed by atoms with Crippen LogP contribution in [0.4, 0.5) is 0 Å². The highest BCUT2D eigenvalue weighted by molar-refractivity contribution is 5.91. The summed E-state index contributed by atoms with van der Waals surface area (Å²) in [6.07, 6.45) is 9.84. The summed E-state index contributed by atoms with van der Waals surface area (Å²) in [5.74, 6) is 2.10. The first-order valence-corrected chi connectivity index (χ1v) is 10.3. The Bertz CT molecular complexity index is 638.